The number of hydrogen-bond donors (Lipinski definition) is 2. The number of nitrogens with one attached hydrogen (secondary N) is 1. The summed E-state index contributed by atoms with van der Waals surface area (Å²) in [5.74, 6) is 0.0312. The first-order valence-corrected chi connectivity index (χ1v) is 3.95. The quantitative estimate of drug-likeness (QED) is 0.492. The molecule has 11 heavy (non-hydrogen) atoms. The van der Waals surface area contributed by atoms with E-state index in [1.165, 1.54) is 0 Å². The Labute approximate surface area is 67.0 Å². The highest BCUT2D eigenvalue weighted by atomic mass is 16.3. The van der Waals surface area contributed by atoms with Crippen LogP contribution in [-0.2, 0) is 0 Å². The minimum absolute atomic E-state index is 0.0312. The molecule has 3 heteroatoms. The van der Waals surface area contributed by atoms with Gasteiger partial charge in [-0.3, -0.25) is 0 Å². The van der Waals surface area contributed by atoms with E-state index < -0.39 is 5.60 Å². The Morgan fingerprint density at radius 3 is 2.73 bits per heavy atom. The van der Waals surface area contributed by atoms with Gasteiger partial charge in [0.2, 0.25) is 0 Å². The monoisotopic (exact) mass is 154 g/mol. The average molecular weight is 154 g/mol. The standard InChI is InChI=1S/C8H14N2O/c1-6-4-10-7(2)3-8(6,11)5-9/h6-7,10-11H,3-4H2,1-2H3/t6-,7+,8+/m0/s1. The Morgan fingerprint density at radius 1 is 1.64 bits per heavy atom. The van der Waals surface area contributed by atoms with Crippen molar-refractivity contribution in [2.75, 3.05) is 6.54 Å². The van der Waals surface area contributed by atoms with Crippen LogP contribution >= 0.6 is 0 Å². The van der Waals surface area contributed by atoms with Crippen LogP contribution in [0.3, 0.4) is 0 Å². The number of rotatable bonds is 0. The van der Waals surface area contributed by atoms with Gasteiger partial charge in [0.25, 0.3) is 0 Å². The summed E-state index contributed by atoms with van der Waals surface area (Å²) >= 11 is 0. The molecule has 3 atom stereocenters. The predicted octanol–water partition coefficient (Wildman–Crippen LogP) is 0.259. The lowest BCUT2D eigenvalue weighted by molar-refractivity contribution is 0.00574. The molecule has 0 aromatic carbocycles. The summed E-state index contributed by atoms with van der Waals surface area (Å²) in [5.41, 5.74) is -1.11. The highest BCUT2D eigenvalue weighted by Gasteiger charge is 2.38. The fourth-order valence-electron chi connectivity index (χ4n) is 1.44. The molecular formula is C8H14N2O. The molecule has 1 aliphatic rings. The molecule has 0 spiro atoms. The number of hydrogen-bond acceptors (Lipinski definition) is 3. The van der Waals surface area contributed by atoms with Crippen molar-refractivity contribution in [3.8, 4) is 6.07 Å². The molecule has 2 N–H and O–H groups in total. The number of nitrogens with zero attached hydrogens (tertiary/aromatic N) is 1. The molecule has 1 rings (SSSR count). The predicted molar refractivity (Wildman–Crippen MR) is 41.8 cm³/mol. The fraction of sp³-hybridized carbons (Fsp3) is 0.875. The van der Waals surface area contributed by atoms with Crippen molar-refractivity contribution in [1.82, 2.24) is 5.32 Å². The third-order valence-electron chi connectivity index (χ3n) is 2.40. The van der Waals surface area contributed by atoms with E-state index in [0.29, 0.717) is 6.42 Å². The van der Waals surface area contributed by atoms with E-state index in [0.717, 1.165) is 6.54 Å². The molecule has 1 aliphatic heterocycles. The lowest BCUT2D eigenvalue weighted by atomic mass is 9.81. The molecule has 1 heterocycles. The van der Waals surface area contributed by atoms with E-state index >= 15 is 0 Å². The lowest BCUT2D eigenvalue weighted by Crippen LogP contribution is -2.52. The van der Waals surface area contributed by atoms with E-state index in [2.05, 4.69) is 5.32 Å². The Morgan fingerprint density at radius 2 is 2.27 bits per heavy atom. The molecule has 0 aromatic rings. The highest BCUT2D eigenvalue weighted by Crippen LogP contribution is 2.25. The Balaban J connectivity index is 2.70. The molecule has 0 aliphatic carbocycles. The van der Waals surface area contributed by atoms with E-state index in [4.69, 9.17) is 5.26 Å². The summed E-state index contributed by atoms with van der Waals surface area (Å²) in [6, 6.07) is 2.22. The van der Waals surface area contributed by atoms with Crippen LogP contribution < -0.4 is 5.32 Å². The van der Waals surface area contributed by atoms with Crippen molar-refractivity contribution in [2.24, 2.45) is 5.92 Å². The molecular weight excluding hydrogens is 140 g/mol. The molecule has 62 valence electrons. The summed E-state index contributed by atoms with van der Waals surface area (Å²) < 4.78 is 0. The van der Waals surface area contributed by atoms with E-state index in [-0.39, 0.29) is 12.0 Å². The Hall–Kier alpha value is -0.590. The van der Waals surface area contributed by atoms with Crippen molar-refractivity contribution >= 4 is 0 Å². The molecule has 3 nitrogen and oxygen atoms in total. The lowest BCUT2D eigenvalue weighted by Gasteiger charge is -2.36. The second-order valence-electron chi connectivity index (χ2n) is 3.45. The second kappa shape index (κ2) is 2.80. The Bertz CT molecular complexity index is 187. The van der Waals surface area contributed by atoms with Crippen molar-refractivity contribution in [2.45, 2.75) is 31.9 Å². The van der Waals surface area contributed by atoms with Crippen molar-refractivity contribution < 1.29 is 5.11 Å². The molecule has 0 bridgehead atoms. The van der Waals surface area contributed by atoms with Gasteiger partial charge >= 0.3 is 0 Å². The van der Waals surface area contributed by atoms with E-state index in [9.17, 15) is 5.11 Å². The molecule has 0 radical (unpaired) electrons. The van der Waals surface area contributed by atoms with Crippen LogP contribution in [0.4, 0.5) is 0 Å². The molecule has 0 unspecified atom stereocenters. The molecule has 1 saturated heterocycles. The summed E-state index contributed by atoms with van der Waals surface area (Å²) in [5, 5.41) is 21.6. The van der Waals surface area contributed by atoms with Crippen molar-refractivity contribution in [3.63, 3.8) is 0 Å². The largest absolute Gasteiger partial charge is 0.375 e. The summed E-state index contributed by atoms with van der Waals surface area (Å²) in [4.78, 5) is 0. The Kier molecular flexibility index (Phi) is 2.17. The minimum Gasteiger partial charge on any atom is -0.375 e. The zero-order chi connectivity index (χ0) is 8.48. The molecule has 1 fully saturated rings. The first-order chi connectivity index (χ1) is 5.08. The van der Waals surface area contributed by atoms with Crippen LogP contribution in [0.5, 0.6) is 0 Å². The third-order valence-corrected chi connectivity index (χ3v) is 2.40. The minimum atomic E-state index is -1.11. The smallest absolute Gasteiger partial charge is 0.156 e. The van der Waals surface area contributed by atoms with Gasteiger partial charge in [-0.1, -0.05) is 6.92 Å². The maximum atomic E-state index is 9.72. The van der Waals surface area contributed by atoms with Gasteiger partial charge in [0, 0.05) is 24.9 Å². The second-order valence-corrected chi connectivity index (χ2v) is 3.45. The summed E-state index contributed by atoms with van der Waals surface area (Å²) in [6.45, 7) is 4.60. The normalized spacial score (nSPS) is 44.9. The van der Waals surface area contributed by atoms with Crippen LogP contribution in [0.15, 0.2) is 0 Å². The van der Waals surface area contributed by atoms with E-state index in [1.807, 2.05) is 19.9 Å². The number of piperidine rings is 1. The van der Waals surface area contributed by atoms with Gasteiger partial charge in [0.05, 0.1) is 6.07 Å². The van der Waals surface area contributed by atoms with Crippen molar-refractivity contribution in [3.05, 3.63) is 0 Å². The van der Waals surface area contributed by atoms with Crippen LogP contribution in [-0.4, -0.2) is 23.3 Å². The van der Waals surface area contributed by atoms with Crippen LogP contribution in [0.1, 0.15) is 20.3 Å². The number of aliphatic hydroxyl groups is 1. The van der Waals surface area contributed by atoms with Gasteiger partial charge < -0.3 is 10.4 Å². The van der Waals surface area contributed by atoms with Gasteiger partial charge in [-0.2, -0.15) is 5.26 Å². The van der Waals surface area contributed by atoms with Crippen molar-refractivity contribution in [1.29, 1.82) is 5.26 Å². The topological polar surface area (TPSA) is 56.0 Å². The highest BCUT2D eigenvalue weighted by molar-refractivity contribution is 5.07. The van der Waals surface area contributed by atoms with Crippen LogP contribution in [0.25, 0.3) is 0 Å². The first kappa shape index (κ1) is 8.51. The average Bonchev–Trinajstić information content (AvgIpc) is 1.98. The van der Waals surface area contributed by atoms with Crippen LogP contribution in [0.2, 0.25) is 0 Å². The maximum Gasteiger partial charge on any atom is 0.156 e. The van der Waals surface area contributed by atoms with Gasteiger partial charge in [0.15, 0.2) is 5.60 Å². The molecule has 0 amide bonds. The fourth-order valence-corrected chi connectivity index (χ4v) is 1.44. The zero-order valence-electron chi connectivity index (χ0n) is 6.96. The SMILES string of the molecule is C[C@@H]1C[C@@](O)(C#N)[C@@H](C)CN1. The van der Waals surface area contributed by atoms with Gasteiger partial charge in [0.1, 0.15) is 0 Å². The van der Waals surface area contributed by atoms with Gasteiger partial charge in [-0.15, -0.1) is 0 Å². The van der Waals surface area contributed by atoms with Gasteiger partial charge in [-0.25, -0.2) is 0 Å². The first-order valence-electron chi connectivity index (χ1n) is 3.95. The summed E-state index contributed by atoms with van der Waals surface area (Å²) in [7, 11) is 0. The molecule has 0 saturated carbocycles. The third kappa shape index (κ3) is 1.52. The zero-order valence-corrected chi connectivity index (χ0v) is 6.96. The molecule has 0 aromatic heterocycles. The summed E-state index contributed by atoms with van der Waals surface area (Å²) in [6.07, 6.45) is 0.532. The van der Waals surface area contributed by atoms with Gasteiger partial charge in [-0.05, 0) is 6.92 Å². The van der Waals surface area contributed by atoms with E-state index in [1.54, 1.807) is 0 Å². The number of nitriles is 1. The van der Waals surface area contributed by atoms with Crippen LogP contribution in [0, 0.1) is 17.2 Å². The maximum absolute atomic E-state index is 9.72.